The summed E-state index contributed by atoms with van der Waals surface area (Å²) in [4.78, 5) is 0. The lowest BCUT2D eigenvalue weighted by molar-refractivity contribution is 0.280. The van der Waals surface area contributed by atoms with Crippen molar-refractivity contribution in [1.82, 2.24) is 0 Å². The Balaban J connectivity index is 2.15. The maximum Gasteiger partial charge on any atom is 0.138 e. The largest absolute Gasteiger partial charge is 0.487 e. The highest BCUT2D eigenvalue weighted by Crippen LogP contribution is 2.27. The van der Waals surface area contributed by atoms with Crippen LogP contribution >= 0.6 is 11.6 Å². The maximum absolute atomic E-state index is 13.4. The molecule has 2 rings (SSSR count). The summed E-state index contributed by atoms with van der Waals surface area (Å²) >= 11 is 5.93. The molecule has 1 N–H and O–H groups in total. The number of aliphatic hydroxyl groups excluding tert-OH is 1. The molecule has 0 spiro atoms. The second-order valence-electron chi connectivity index (χ2n) is 3.91. The van der Waals surface area contributed by atoms with E-state index in [2.05, 4.69) is 0 Å². The molecule has 0 fully saturated rings. The van der Waals surface area contributed by atoms with Crippen LogP contribution in [0.2, 0.25) is 5.02 Å². The lowest BCUT2D eigenvalue weighted by Gasteiger charge is -2.10. The number of hydrogen-bond acceptors (Lipinski definition) is 2. The van der Waals surface area contributed by atoms with E-state index in [1.807, 2.05) is 0 Å². The Kier molecular flexibility index (Phi) is 4.35. The molecule has 0 heterocycles. The molecule has 5 heteroatoms. The minimum atomic E-state index is -0.664. The number of aliphatic hydroxyl groups is 1. The van der Waals surface area contributed by atoms with Gasteiger partial charge in [0, 0.05) is 0 Å². The maximum atomic E-state index is 13.4. The van der Waals surface area contributed by atoms with Crippen molar-refractivity contribution in [2.75, 3.05) is 0 Å². The van der Waals surface area contributed by atoms with Crippen LogP contribution in [-0.2, 0) is 13.2 Å². The van der Waals surface area contributed by atoms with E-state index in [1.54, 1.807) is 12.1 Å². The van der Waals surface area contributed by atoms with Crippen molar-refractivity contribution in [3.05, 3.63) is 64.2 Å². The summed E-state index contributed by atoms with van der Waals surface area (Å²) in [6.07, 6.45) is 0. The normalized spacial score (nSPS) is 10.5. The van der Waals surface area contributed by atoms with Crippen LogP contribution in [0, 0.1) is 11.6 Å². The second kappa shape index (κ2) is 5.99. The lowest BCUT2D eigenvalue weighted by Crippen LogP contribution is -2.02. The van der Waals surface area contributed by atoms with Crippen molar-refractivity contribution in [3.63, 3.8) is 0 Å². The Morgan fingerprint density at radius 3 is 2.37 bits per heavy atom. The average molecular weight is 285 g/mol. The summed E-state index contributed by atoms with van der Waals surface area (Å²) < 4.78 is 32.1. The van der Waals surface area contributed by atoms with Gasteiger partial charge in [-0.1, -0.05) is 23.7 Å². The Morgan fingerprint density at radius 2 is 1.79 bits per heavy atom. The van der Waals surface area contributed by atoms with Gasteiger partial charge in [-0.05, 0) is 29.8 Å². The molecule has 0 aliphatic carbocycles. The van der Waals surface area contributed by atoms with Crippen LogP contribution < -0.4 is 4.74 Å². The molecule has 2 aromatic rings. The number of halogens is 3. The molecule has 0 aromatic heterocycles. The van der Waals surface area contributed by atoms with Crippen molar-refractivity contribution in [2.45, 2.75) is 13.2 Å². The summed E-state index contributed by atoms with van der Waals surface area (Å²) in [5.41, 5.74) is 0.485. The van der Waals surface area contributed by atoms with E-state index < -0.39 is 11.6 Å². The number of rotatable bonds is 4. The zero-order valence-corrected chi connectivity index (χ0v) is 10.6. The topological polar surface area (TPSA) is 29.5 Å². The highest BCUT2D eigenvalue weighted by Gasteiger charge is 2.10. The zero-order valence-electron chi connectivity index (χ0n) is 9.87. The monoisotopic (exact) mass is 284 g/mol. The fourth-order valence-corrected chi connectivity index (χ4v) is 1.84. The quantitative estimate of drug-likeness (QED) is 0.928. The molecular weight excluding hydrogens is 274 g/mol. The van der Waals surface area contributed by atoms with Gasteiger partial charge in [-0.3, -0.25) is 0 Å². The molecule has 0 unspecified atom stereocenters. The fourth-order valence-electron chi connectivity index (χ4n) is 1.58. The lowest BCUT2D eigenvalue weighted by atomic mass is 10.2. The van der Waals surface area contributed by atoms with Crippen LogP contribution in [-0.4, -0.2) is 5.11 Å². The van der Waals surface area contributed by atoms with E-state index in [-0.39, 0.29) is 23.8 Å². The molecule has 0 atom stereocenters. The van der Waals surface area contributed by atoms with Crippen molar-refractivity contribution >= 4 is 11.6 Å². The number of ether oxygens (including phenoxy) is 1. The first kappa shape index (κ1) is 13.8. The zero-order chi connectivity index (χ0) is 13.8. The highest BCUT2D eigenvalue weighted by molar-refractivity contribution is 6.32. The summed E-state index contributed by atoms with van der Waals surface area (Å²) in [6.45, 7) is -0.390. The molecule has 0 bridgehead atoms. The minimum absolute atomic E-state index is 0.137. The van der Waals surface area contributed by atoms with Gasteiger partial charge < -0.3 is 9.84 Å². The van der Waals surface area contributed by atoms with Gasteiger partial charge in [0.15, 0.2) is 0 Å². The third kappa shape index (κ3) is 3.22. The van der Waals surface area contributed by atoms with Crippen molar-refractivity contribution in [2.24, 2.45) is 0 Å². The third-order valence-electron chi connectivity index (χ3n) is 2.61. The van der Waals surface area contributed by atoms with Gasteiger partial charge in [-0.25, -0.2) is 8.78 Å². The summed E-state index contributed by atoms with van der Waals surface area (Å²) in [7, 11) is 0. The smallest absolute Gasteiger partial charge is 0.138 e. The van der Waals surface area contributed by atoms with Gasteiger partial charge in [0.2, 0.25) is 0 Å². The van der Waals surface area contributed by atoms with Crippen LogP contribution in [0.25, 0.3) is 0 Å². The van der Waals surface area contributed by atoms with Gasteiger partial charge in [-0.15, -0.1) is 0 Å². The van der Waals surface area contributed by atoms with Gasteiger partial charge in [0.1, 0.15) is 24.0 Å². The molecule has 0 radical (unpaired) electrons. The second-order valence-corrected chi connectivity index (χ2v) is 4.32. The van der Waals surface area contributed by atoms with Gasteiger partial charge >= 0.3 is 0 Å². The molecule has 0 aliphatic rings. The highest BCUT2D eigenvalue weighted by atomic mass is 35.5. The average Bonchev–Trinajstić information content (AvgIpc) is 2.39. The Morgan fingerprint density at radius 1 is 1.11 bits per heavy atom. The third-order valence-corrected chi connectivity index (χ3v) is 2.91. The Bertz CT molecular complexity index is 567. The van der Waals surface area contributed by atoms with Crippen LogP contribution in [0.4, 0.5) is 8.78 Å². The van der Waals surface area contributed by atoms with E-state index in [0.29, 0.717) is 11.3 Å². The van der Waals surface area contributed by atoms with E-state index in [9.17, 15) is 8.78 Å². The SMILES string of the molecule is OCc1ccc(OCc2c(F)cccc2F)c(Cl)c1. The molecule has 2 nitrogen and oxygen atoms in total. The van der Waals surface area contributed by atoms with E-state index >= 15 is 0 Å². The van der Waals surface area contributed by atoms with Gasteiger partial charge in [-0.2, -0.15) is 0 Å². The molecule has 0 amide bonds. The summed E-state index contributed by atoms with van der Waals surface area (Å²) in [6, 6.07) is 8.33. The first-order chi connectivity index (χ1) is 9.11. The predicted molar refractivity (Wildman–Crippen MR) is 68.1 cm³/mol. The number of benzene rings is 2. The standard InChI is InChI=1S/C14H11ClF2O2/c15-11-6-9(7-18)4-5-14(11)19-8-10-12(16)2-1-3-13(10)17/h1-6,18H,7-8H2. The molecule has 19 heavy (non-hydrogen) atoms. The van der Waals surface area contributed by atoms with Gasteiger partial charge in [0.25, 0.3) is 0 Å². The van der Waals surface area contributed by atoms with E-state index in [1.165, 1.54) is 12.1 Å². The summed E-state index contributed by atoms with van der Waals surface area (Å²) in [5.74, 6) is -1.02. The molecular formula is C14H11ClF2O2. The Hall–Kier alpha value is -1.65. The van der Waals surface area contributed by atoms with E-state index in [4.69, 9.17) is 21.4 Å². The minimum Gasteiger partial charge on any atom is -0.487 e. The summed E-state index contributed by atoms with van der Waals surface area (Å²) in [5, 5.41) is 9.22. The van der Waals surface area contributed by atoms with Crippen molar-refractivity contribution in [1.29, 1.82) is 0 Å². The van der Waals surface area contributed by atoms with Crippen LogP contribution in [0.3, 0.4) is 0 Å². The first-order valence-electron chi connectivity index (χ1n) is 5.57. The Labute approximate surface area is 114 Å². The van der Waals surface area contributed by atoms with Crippen molar-refractivity contribution in [3.8, 4) is 5.75 Å². The van der Waals surface area contributed by atoms with Crippen LogP contribution in [0.5, 0.6) is 5.75 Å². The van der Waals surface area contributed by atoms with Gasteiger partial charge in [0.05, 0.1) is 17.2 Å². The fraction of sp³-hybridized carbons (Fsp3) is 0.143. The first-order valence-corrected chi connectivity index (χ1v) is 5.94. The van der Waals surface area contributed by atoms with E-state index in [0.717, 1.165) is 12.1 Å². The number of hydrogen-bond donors (Lipinski definition) is 1. The molecule has 2 aromatic carbocycles. The van der Waals surface area contributed by atoms with Crippen LogP contribution in [0.1, 0.15) is 11.1 Å². The molecule has 0 aliphatic heterocycles. The van der Waals surface area contributed by atoms with Crippen LogP contribution in [0.15, 0.2) is 36.4 Å². The molecule has 100 valence electrons. The predicted octanol–water partition coefficient (Wildman–Crippen LogP) is 3.69. The molecule has 0 saturated heterocycles. The molecule has 0 saturated carbocycles. The van der Waals surface area contributed by atoms with Crippen molar-refractivity contribution < 1.29 is 18.6 Å².